The molecule has 6 nitrogen and oxygen atoms in total. The van der Waals surface area contributed by atoms with Crippen LogP contribution in [-0.2, 0) is 17.8 Å². The lowest BCUT2D eigenvalue weighted by atomic mass is 10.1. The summed E-state index contributed by atoms with van der Waals surface area (Å²) in [6.07, 6.45) is 0.402. The first-order valence-corrected chi connectivity index (χ1v) is 8.70. The van der Waals surface area contributed by atoms with Crippen LogP contribution in [-0.4, -0.2) is 22.8 Å². The second kappa shape index (κ2) is 8.47. The summed E-state index contributed by atoms with van der Waals surface area (Å²) >= 11 is 0. The Morgan fingerprint density at radius 3 is 2.64 bits per heavy atom. The molecule has 0 radical (unpaired) electrons. The fourth-order valence-electron chi connectivity index (χ4n) is 2.85. The number of halogens is 1. The van der Waals surface area contributed by atoms with Crippen molar-refractivity contribution in [3.63, 3.8) is 0 Å². The number of methoxy groups -OCH3 is 1. The molecule has 2 aromatic carbocycles. The van der Waals surface area contributed by atoms with Crippen molar-refractivity contribution in [2.45, 2.75) is 19.9 Å². The molecular weight excluding hydrogens is 361 g/mol. The average Bonchev–Trinajstić information content (AvgIpc) is 2.67. The molecule has 3 rings (SSSR count). The lowest BCUT2D eigenvalue weighted by Gasteiger charge is -2.10. The largest absolute Gasteiger partial charge is 0.497 e. The molecule has 0 atom stereocenters. The van der Waals surface area contributed by atoms with E-state index in [0.717, 1.165) is 10.2 Å². The highest BCUT2D eigenvalue weighted by molar-refractivity contribution is 5.90. The number of benzene rings is 2. The maximum atomic E-state index is 13.0. The number of hydrogen-bond acceptors (Lipinski definition) is 4. The van der Waals surface area contributed by atoms with Gasteiger partial charge in [0, 0.05) is 17.7 Å². The summed E-state index contributed by atoms with van der Waals surface area (Å²) in [7, 11) is 1.59. The highest BCUT2D eigenvalue weighted by Crippen LogP contribution is 2.15. The molecule has 1 amide bonds. The molecule has 7 heteroatoms. The van der Waals surface area contributed by atoms with E-state index in [1.165, 1.54) is 24.3 Å². The van der Waals surface area contributed by atoms with Crippen LogP contribution in [0.2, 0.25) is 0 Å². The zero-order chi connectivity index (χ0) is 20.1. The fraction of sp³-hybridized carbons (Fsp3) is 0.190. The third-order valence-corrected chi connectivity index (χ3v) is 4.12. The Balaban J connectivity index is 1.79. The summed E-state index contributed by atoms with van der Waals surface area (Å²) < 4.78 is 19.3. The molecule has 0 saturated heterocycles. The van der Waals surface area contributed by atoms with Crippen molar-refractivity contribution < 1.29 is 13.9 Å². The average molecular weight is 381 g/mol. The van der Waals surface area contributed by atoms with Crippen molar-refractivity contribution in [1.82, 2.24) is 9.78 Å². The molecule has 0 aliphatic heterocycles. The van der Waals surface area contributed by atoms with Crippen LogP contribution in [0, 0.1) is 12.7 Å². The standard InChI is InChI=1S/C21H20FN3O3/c1-14-10-16(11-15-4-3-5-19(12-15)28-2)21(27)25(24-14)13-20(26)23-18-8-6-17(22)7-9-18/h3-10,12H,11,13H2,1-2H3,(H,23,26). The van der Waals surface area contributed by atoms with Crippen molar-refractivity contribution >= 4 is 11.6 Å². The summed E-state index contributed by atoms with van der Waals surface area (Å²) in [5.41, 5.74) is 2.21. The topological polar surface area (TPSA) is 73.2 Å². The van der Waals surface area contributed by atoms with Gasteiger partial charge in [-0.3, -0.25) is 9.59 Å². The van der Waals surface area contributed by atoms with Crippen LogP contribution < -0.4 is 15.6 Å². The summed E-state index contributed by atoms with van der Waals surface area (Å²) in [6.45, 7) is 1.53. The van der Waals surface area contributed by atoms with Gasteiger partial charge in [0.05, 0.1) is 12.8 Å². The Labute approximate surface area is 161 Å². The SMILES string of the molecule is COc1cccc(Cc2cc(C)nn(CC(=O)Nc3ccc(F)cc3)c2=O)c1. The minimum atomic E-state index is -0.417. The van der Waals surface area contributed by atoms with Crippen LogP contribution in [0.25, 0.3) is 0 Å². The number of ether oxygens (including phenoxy) is 1. The van der Waals surface area contributed by atoms with Gasteiger partial charge in [-0.25, -0.2) is 9.07 Å². The van der Waals surface area contributed by atoms with E-state index in [-0.39, 0.29) is 12.1 Å². The lowest BCUT2D eigenvalue weighted by molar-refractivity contribution is -0.117. The van der Waals surface area contributed by atoms with E-state index in [1.807, 2.05) is 24.3 Å². The smallest absolute Gasteiger partial charge is 0.270 e. The van der Waals surface area contributed by atoms with Gasteiger partial charge in [0.25, 0.3) is 5.56 Å². The van der Waals surface area contributed by atoms with E-state index >= 15 is 0 Å². The third kappa shape index (κ3) is 4.82. The van der Waals surface area contributed by atoms with Gasteiger partial charge >= 0.3 is 0 Å². The summed E-state index contributed by atoms with van der Waals surface area (Å²) in [6, 6.07) is 14.6. The molecule has 0 saturated carbocycles. The molecule has 0 spiro atoms. The molecule has 0 fully saturated rings. The highest BCUT2D eigenvalue weighted by atomic mass is 19.1. The van der Waals surface area contributed by atoms with Crippen molar-refractivity contribution in [2.24, 2.45) is 0 Å². The van der Waals surface area contributed by atoms with Crippen molar-refractivity contribution in [2.75, 3.05) is 12.4 Å². The molecule has 0 aliphatic rings. The number of anilines is 1. The minimum Gasteiger partial charge on any atom is -0.497 e. The van der Waals surface area contributed by atoms with Crippen LogP contribution >= 0.6 is 0 Å². The summed E-state index contributed by atoms with van der Waals surface area (Å²) in [4.78, 5) is 25.0. The normalized spacial score (nSPS) is 10.5. The Hall–Kier alpha value is -3.48. The Morgan fingerprint density at radius 2 is 1.93 bits per heavy atom. The lowest BCUT2D eigenvalue weighted by Crippen LogP contribution is -2.32. The zero-order valence-corrected chi connectivity index (χ0v) is 15.6. The summed E-state index contributed by atoms with van der Waals surface area (Å²) in [5, 5.41) is 6.79. The van der Waals surface area contributed by atoms with Crippen molar-refractivity contribution in [1.29, 1.82) is 0 Å². The van der Waals surface area contributed by atoms with Gasteiger partial charge in [-0.2, -0.15) is 5.10 Å². The number of carbonyl (C=O) groups is 1. The Bertz CT molecular complexity index is 1050. The van der Waals surface area contributed by atoms with E-state index in [1.54, 1.807) is 20.1 Å². The first-order chi connectivity index (χ1) is 13.4. The predicted octanol–water partition coefficient (Wildman–Crippen LogP) is 2.93. The van der Waals surface area contributed by atoms with Gasteiger partial charge in [-0.1, -0.05) is 12.1 Å². The first kappa shape index (κ1) is 19.3. The van der Waals surface area contributed by atoms with Gasteiger partial charge in [0.15, 0.2) is 0 Å². The van der Waals surface area contributed by atoms with E-state index < -0.39 is 11.7 Å². The van der Waals surface area contributed by atoms with E-state index in [4.69, 9.17) is 4.74 Å². The number of hydrogen-bond donors (Lipinski definition) is 1. The van der Waals surface area contributed by atoms with E-state index in [9.17, 15) is 14.0 Å². The highest BCUT2D eigenvalue weighted by Gasteiger charge is 2.12. The molecule has 0 bridgehead atoms. The molecule has 1 N–H and O–H groups in total. The molecule has 1 heterocycles. The Morgan fingerprint density at radius 1 is 1.18 bits per heavy atom. The van der Waals surface area contributed by atoms with Gasteiger partial charge in [-0.05, 0) is 55.0 Å². The maximum Gasteiger partial charge on any atom is 0.270 e. The number of nitrogens with one attached hydrogen (secondary N) is 1. The number of nitrogens with zero attached hydrogens (tertiary/aromatic N) is 2. The van der Waals surface area contributed by atoms with Gasteiger partial charge in [-0.15, -0.1) is 0 Å². The second-order valence-electron chi connectivity index (χ2n) is 6.36. The molecule has 144 valence electrons. The molecular formula is C21H20FN3O3. The number of amides is 1. The fourth-order valence-corrected chi connectivity index (χ4v) is 2.85. The van der Waals surface area contributed by atoms with Gasteiger partial charge < -0.3 is 10.1 Å². The zero-order valence-electron chi connectivity index (χ0n) is 15.6. The number of aryl methyl sites for hydroxylation is 1. The molecule has 28 heavy (non-hydrogen) atoms. The van der Waals surface area contributed by atoms with Crippen LogP contribution in [0.3, 0.4) is 0 Å². The third-order valence-electron chi connectivity index (χ3n) is 4.12. The van der Waals surface area contributed by atoms with Gasteiger partial charge in [0.2, 0.25) is 5.91 Å². The number of rotatable bonds is 6. The first-order valence-electron chi connectivity index (χ1n) is 8.70. The molecule has 0 unspecified atom stereocenters. The molecule has 1 aromatic heterocycles. The summed E-state index contributed by atoms with van der Waals surface area (Å²) in [5.74, 6) is -0.0989. The van der Waals surface area contributed by atoms with Gasteiger partial charge in [0.1, 0.15) is 18.1 Å². The second-order valence-corrected chi connectivity index (χ2v) is 6.36. The maximum absolute atomic E-state index is 13.0. The van der Waals surface area contributed by atoms with Crippen LogP contribution in [0.5, 0.6) is 5.75 Å². The van der Waals surface area contributed by atoms with E-state index in [2.05, 4.69) is 10.4 Å². The van der Waals surface area contributed by atoms with Crippen LogP contribution in [0.15, 0.2) is 59.4 Å². The number of aromatic nitrogens is 2. The Kier molecular flexibility index (Phi) is 5.84. The minimum absolute atomic E-state index is 0.233. The molecule has 0 aliphatic carbocycles. The van der Waals surface area contributed by atoms with Crippen molar-refractivity contribution in [3.05, 3.63) is 87.6 Å². The van der Waals surface area contributed by atoms with Crippen molar-refractivity contribution in [3.8, 4) is 5.75 Å². The van der Waals surface area contributed by atoms with Crippen LogP contribution in [0.1, 0.15) is 16.8 Å². The quantitative estimate of drug-likeness (QED) is 0.713. The van der Waals surface area contributed by atoms with Crippen LogP contribution in [0.4, 0.5) is 10.1 Å². The molecule has 3 aromatic rings. The predicted molar refractivity (Wildman–Crippen MR) is 104 cm³/mol. The number of carbonyl (C=O) groups excluding carboxylic acids is 1. The van der Waals surface area contributed by atoms with E-state index in [0.29, 0.717) is 29.1 Å². The monoisotopic (exact) mass is 381 g/mol.